The molecule has 4 rings (SSSR count). The van der Waals surface area contributed by atoms with Crippen molar-refractivity contribution in [2.45, 2.75) is 35.5 Å². The number of benzene rings is 1. The van der Waals surface area contributed by atoms with Crippen LogP contribution in [0.15, 0.2) is 74.2 Å². The standard InChI is InChI=1S/C22H24N2O4S/c1-3-17(24-12-7-8-13-24)19-20(29-22-18(25-2)11-14-26-22)21(23-28-19)27-15-16-9-5-4-6-10-16/h3-6,9-11,14,17H,1,7-8,12-13,15H2,2H3/t17-/m0/s1. The van der Waals surface area contributed by atoms with Gasteiger partial charge in [-0.2, -0.15) is 0 Å². The Labute approximate surface area is 174 Å². The van der Waals surface area contributed by atoms with Crippen molar-refractivity contribution >= 4 is 11.8 Å². The maximum Gasteiger partial charge on any atom is 0.269 e. The maximum atomic E-state index is 6.02. The Bertz CT molecular complexity index is 931. The number of likely N-dealkylation sites (tertiary alicyclic amines) is 1. The van der Waals surface area contributed by atoms with Crippen LogP contribution in [0.2, 0.25) is 0 Å². The Morgan fingerprint density at radius 1 is 1.24 bits per heavy atom. The van der Waals surface area contributed by atoms with Crippen LogP contribution in [-0.2, 0) is 6.61 Å². The number of methoxy groups -OCH3 is 1. The molecule has 0 unspecified atom stereocenters. The van der Waals surface area contributed by atoms with Crippen LogP contribution >= 0.6 is 11.8 Å². The molecule has 2 aromatic heterocycles. The molecule has 1 saturated heterocycles. The van der Waals surface area contributed by atoms with Crippen LogP contribution in [0.4, 0.5) is 0 Å². The van der Waals surface area contributed by atoms with Gasteiger partial charge in [-0.3, -0.25) is 4.90 Å². The zero-order valence-corrected chi connectivity index (χ0v) is 17.2. The Kier molecular flexibility index (Phi) is 6.27. The number of furan rings is 1. The molecule has 1 fully saturated rings. The van der Waals surface area contributed by atoms with Crippen LogP contribution in [0.1, 0.15) is 30.2 Å². The van der Waals surface area contributed by atoms with Crippen LogP contribution < -0.4 is 9.47 Å². The summed E-state index contributed by atoms with van der Waals surface area (Å²) in [6, 6.07) is 11.7. The monoisotopic (exact) mass is 412 g/mol. The van der Waals surface area contributed by atoms with E-state index in [4.69, 9.17) is 18.4 Å². The first kappa shape index (κ1) is 19.7. The number of rotatable bonds is 9. The van der Waals surface area contributed by atoms with Gasteiger partial charge in [-0.05, 0) is 48.4 Å². The Hall–Kier alpha value is -2.64. The topological polar surface area (TPSA) is 60.9 Å². The zero-order chi connectivity index (χ0) is 20.1. The van der Waals surface area contributed by atoms with Gasteiger partial charge in [0.2, 0.25) is 5.09 Å². The summed E-state index contributed by atoms with van der Waals surface area (Å²) in [6.45, 7) is 6.44. The number of ether oxygens (including phenoxy) is 2. The van der Waals surface area contributed by atoms with Crippen LogP contribution in [0.25, 0.3) is 0 Å². The summed E-state index contributed by atoms with van der Waals surface area (Å²) in [6.07, 6.45) is 5.84. The van der Waals surface area contributed by atoms with E-state index in [-0.39, 0.29) is 6.04 Å². The third kappa shape index (κ3) is 4.36. The molecule has 0 saturated carbocycles. The summed E-state index contributed by atoms with van der Waals surface area (Å²) in [7, 11) is 1.62. The second kappa shape index (κ2) is 9.24. The van der Waals surface area contributed by atoms with Crippen molar-refractivity contribution in [3.05, 3.63) is 66.6 Å². The second-order valence-electron chi connectivity index (χ2n) is 6.76. The van der Waals surface area contributed by atoms with Gasteiger partial charge in [-0.15, -0.1) is 6.58 Å². The largest absolute Gasteiger partial charge is 0.492 e. The lowest BCUT2D eigenvalue weighted by Crippen LogP contribution is -2.24. The van der Waals surface area contributed by atoms with E-state index >= 15 is 0 Å². The highest BCUT2D eigenvalue weighted by atomic mass is 32.2. The molecule has 6 nitrogen and oxygen atoms in total. The minimum atomic E-state index is -0.0671. The SMILES string of the molecule is C=C[C@@H](c1onc(OCc2ccccc2)c1Sc1occc1OC)N1CCCC1. The van der Waals surface area contributed by atoms with E-state index in [0.717, 1.165) is 23.5 Å². The van der Waals surface area contributed by atoms with Gasteiger partial charge in [-0.1, -0.05) is 36.4 Å². The highest BCUT2D eigenvalue weighted by Crippen LogP contribution is 2.45. The molecule has 0 bridgehead atoms. The molecule has 29 heavy (non-hydrogen) atoms. The van der Waals surface area contributed by atoms with Gasteiger partial charge in [0.1, 0.15) is 11.5 Å². The van der Waals surface area contributed by atoms with Crippen LogP contribution in [0.5, 0.6) is 11.6 Å². The van der Waals surface area contributed by atoms with Crippen molar-refractivity contribution in [3.63, 3.8) is 0 Å². The lowest BCUT2D eigenvalue weighted by atomic mass is 10.2. The smallest absolute Gasteiger partial charge is 0.269 e. The second-order valence-corrected chi connectivity index (χ2v) is 7.74. The predicted octanol–water partition coefficient (Wildman–Crippen LogP) is 5.33. The molecule has 1 aliphatic heterocycles. The fourth-order valence-electron chi connectivity index (χ4n) is 3.42. The van der Waals surface area contributed by atoms with Gasteiger partial charge >= 0.3 is 0 Å². The van der Waals surface area contributed by atoms with Gasteiger partial charge in [0.25, 0.3) is 5.88 Å². The Balaban J connectivity index is 1.64. The van der Waals surface area contributed by atoms with E-state index in [1.165, 1.54) is 24.6 Å². The molecule has 1 aromatic carbocycles. The van der Waals surface area contributed by atoms with Crippen LogP contribution in [0.3, 0.4) is 0 Å². The Morgan fingerprint density at radius 2 is 2.03 bits per heavy atom. The summed E-state index contributed by atoms with van der Waals surface area (Å²) in [5, 5.41) is 4.86. The number of hydrogen-bond acceptors (Lipinski definition) is 7. The average molecular weight is 413 g/mol. The molecule has 0 aliphatic carbocycles. The molecule has 0 spiro atoms. The van der Waals surface area contributed by atoms with Crippen molar-refractivity contribution in [1.29, 1.82) is 0 Å². The lowest BCUT2D eigenvalue weighted by molar-refractivity contribution is 0.227. The van der Waals surface area contributed by atoms with E-state index in [9.17, 15) is 0 Å². The van der Waals surface area contributed by atoms with E-state index in [0.29, 0.717) is 29.1 Å². The molecule has 1 atom stereocenters. The minimum absolute atomic E-state index is 0.0671. The van der Waals surface area contributed by atoms with Crippen molar-refractivity contribution < 1.29 is 18.4 Å². The molecule has 0 amide bonds. The van der Waals surface area contributed by atoms with Gasteiger partial charge < -0.3 is 18.4 Å². The van der Waals surface area contributed by atoms with Crippen LogP contribution in [-0.4, -0.2) is 30.3 Å². The number of hydrogen-bond donors (Lipinski definition) is 0. The van der Waals surface area contributed by atoms with Gasteiger partial charge in [0.15, 0.2) is 11.5 Å². The van der Waals surface area contributed by atoms with Crippen molar-refractivity contribution in [1.82, 2.24) is 10.1 Å². The number of aromatic nitrogens is 1. The summed E-state index contributed by atoms with van der Waals surface area (Å²) in [4.78, 5) is 3.13. The third-order valence-corrected chi connectivity index (χ3v) is 5.96. The van der Waals surface area contributed by atoms with Crippen molar-refractivity contribution in [3.8, 4) is 11.6 Å². The van der Waals surface area contributed by atoms with Crippen molar-refractivity contribution in [2.24, 2.45) is 0 Å². The molecule has 3 heterocycles. The predicted molar refractivity (Wildman–Crippen MR) is 110 cm³/mol. The molecule has 1 aliphatic rings. The molecule has 3 aromatic rings. The van der Waals surface area contributed by atoms with Crippen LogP contribution in [0, 0.1) is 0 Å². The first-order valence-electron chi connectivity index (χ1n) is 9.62. The fraction of sp³-hybridized carbons (Fsp3) is 0.318. The van der Waals surface area contributed by atoms with E-state index in [1.54, 1.807) is 19.4 Å². The molecular weight excluding hydrogens is 388 g/mol. The molecule has 152 valence electrons. The summed E-state index contributed by atoms with van der Waals surface area (Å²) >= 11 is 1.40. The van der Waals surface area contributed by atoms with Gasteiger partial charge in [0.05, 0.1) is 19.4 Å². The summed E-state index contributed by atoms with van der Waals surface area (Å²) < 4.78 is 22.8. The third-order valence-electron chi connectivity index (χ3n) is 4.90. The number of nitrogens with zero attached hydrogens (tertiary/aromatic N) is 2. The zero-order valence-electron chi connectivity index (χ0n) is 16.4. The Morgan fingerprint density at radius 3 is 2.76 bits per heavy atom. The average Bonchev–Trinajstić information content (AvgIpc) is 3.51. The minimum Gasteiger partial charge on any atom is -0.492 e. The van der Waals surface area contributed by atoms with Crippen molar-refractivity contribution in [2.75, 3.05) is 20.2 Å². The first-order chi connectivity index (χ1) is 14.3. The quantitative estimate of drug-likeness (QED) is 0.440. The maximum absolute atomic E-state index is 6.02. The highest BCUT2D eigenvalue weighted by molar-refractivity contribution is 7.99. The normalized spacial score (nSPS) is 15.3. The molecule has 0 N–H and O–H groups in total. The summed E-state index contributed by atoms with van der Waals surface area (Å²) in [5.74, 6) is 1.82. The molecule has 7 heteroatoms. The molecular formula is C22H24N2O4S. The fourth-order valence-corrected chi connectivity index (χ4v) is 4.41. The highest BCUT2D eigenvalue weighted by Gasteiger charge is 2.31. The van der Waals surface area contributed by atoms with E-state index in [2.05, 4.69) is 16.6 Å². The molecule has 0 radical (unpaired) electrons. The van der Waals surface area contributed by atoms with E-state index in [1.807, 2.05) is 36.4 Å². The first-order valence-corrected chi connectivity index (χ1v) is 10.4. The lowest BCUT2D eigenvalue weighted by Gasteiger charge is -2.22. The van der Waals surface area contributed by atoms with E-state index < -0.39 is 0 Å². The van der Waals surface area contributed by atoms with Gasteiger partial charge in [0, 0.05) is 6.07 Å². The van der Waals surface area contributed by atoms with Gasteiger partial charge in [-0.25, -0.2) is 0 Å². The summed E-state index contributed by atoms with van der Waals surface area (Å²) in [5.41, 5.74) is 1.06.